The Morgan fingerprint density at radius 1 is 1.67 bits per heavy atom. The second-order valence-corrected chi connectivity index (χ2v) is 3.12. The molecule has 0 unspecified atom stereocenters. The second-order valence-electron chi connectivity index (χ2n) is 3.12. The summed E-state index contributed by atoms with van der Waals surface area (Å²) in [4.78, 5) is 5.90. The highest BCUT2D eigenvalue weighted by molar-refractivity contribution is 5.47. The van der Waals surface area contributed by atoms with Crippen molar-refractivity contribution in [3.63, 3.8) is 0 Å². The van der Waals surface area contributed by atoms with Gasteiger partial charge in [0.2, 0.25) is 0 Å². The van der Waals surface area contributed by atoms with Gasteiger partial charge in [0.15, 0.2) is 0 Å². The summed E-state index contributed by atoms with van der Waals surface area (Å²) >= 11 is 0. The molecule has 0 atom stereocenters. The number of nitrogens with zero attached hydrogens (tertiary/aromatic N) is 2. The summed E-state index contributed by atoms with van der Waals surface area (Å²) in [5.74, 6) is 0.179. The standard InChI is InChI=1S/C11H15FN2O/c1-3-5-14(4-2)11-9(8-15)6-10(12)7-13-11/h3,6-7,15H,1,4-5,8H2,2H3. The Hall–Kier alpha value is -1.42. The van der Waals surface area contributed by atoms with E-state index in [2.05, 4.69) is 11.6 Å². The highest BCUT2D eigenvalue weighted by Crippen LogP contribution is 2.18. The number of hydrogen-bond donors (Lipinski definition) is 1. The van der Waals surface area contributed by atoms with Crippen LogP contribution in [-0.4, -0.2) is 23.2 Å². The Balaban J connectivity index is 3.04. The van der Waals surface area contributed by atoms with Crippen LogP contribution in [-0.2, 0) is 6.61 Å². The predicted octanol–water partition coefficient (Wildman–Crippen LogP) is 1.73. The molecule has 0 bridgehead atoms. The van der Waals surface area contributed by atoms with Gasteiger partial charge < -0.3 is 10.0 Å². The van der Waals surface area contributed by atoms with Crippen molar-refractivity contribution in [3.8, 4) is 0 Å². The molecule has 0 amide bonds. The van der Waals surface area contributed by atoms with Crippen LogP contribution < -0.4 is 4.90 Å². The molecule has 4 heteroatoms. The first kappa shape index (κ1) is 11.7. The maximum Gasteiger partial charge on any atom is 0.142 e. The van der Waals surface area contributed by atoms with E-state index in [1.807, 2.05) is 11.8 Å². The normalized spacial score (nSPS) is 10.1. The number of halogens is 1. The lowest BCUT2D eigenvalue weighted by Crippen LogP contribution is -2.25. The molecule has 0 aliphatic heterocycles. The number of pyridine rings is 1. The summed E-state index contributed by atoms with van der Waals surface area (Å²) in [5.41, 5.74) is 0.499. The minimum absolute atomic E-state index is 0.215. The van der Waals surface area contributed by atoms with Crippen LogP contribution in [0.1, 0.15) is 12.5 Å². The summed E-state index contributed by atoms with van der Waals surface area (Å²) in [6.07, 6.45) is 2.90. The van der Waals surface area contributed by atoms with Crippen molar-refractivity contribution in [2.75, 3.05) is 18.0 Å². The van der Waals surface area contributed by atoms with Crippen LogP contribution >= 0.6 is 0 Å². The molecule has 1 N–H and O–H groups in total. The average Bonchev–Trinajstić information content (AvgIpc) is 2.26. The Morgan fingerprint density at radius 2 is 2.40 bits per heavy atom. The van der Waals surface area contributed by atoms with Crippen LogP contribution in [0.15, 0.2) is 24.9 Å². The summed E-state index contributed by atoms with van der Waals surface area (Å²) in [6, 6.07) is 1.30. The van der Waals surface area contributed by atoms with E-state index < -0.39 is 5.82 Å². The fraction of sp³-hybridized carbons (Fsp3) is 0.364. The van der Waals surface area contributed by atoms with Crippen molar-refractivity contribution in [3.05, 3.63) is 36.3 Å². The van der Waals surface area contributed by atoms with Crippen molar-refractivity contribution in [2.24, 2.45) is 0 Å². The Morgan fingerprint density at radius 3 is 2.93 bits per heavy atom. The number of aromatic nitrogens is 1. The van der Waals surface area contributed by atoms with E-state index in [0.717, 1.165) is 12.7 Å². The van der Waals surface area contributed by atoms with Crippen LogP contribution in [0.4, 0.5) is 10.2 Å². The molecule has 0 aliphatic rings. The molecule has 15 heavy (non-hydrogen) atoms. The van der Waals surface area contributed by atoms with Gasteiger partial charge in [0, 0.05) is 18.7 Å². The summed E-state index contributed by atoms with van der Waals surface area (Å²) in [7, 11) is 0. The topological polar surface area (TPSA) is 36.4 Å². The molecule has 0 fully saturated rings. The van der Waals surface area contributed by atoms with Crippen molar-refractivity contribution >= 4 is 5.82 Å². The van der Waals surface area contributed by atoms with E-state index in [1.54, 1.807) is 6.08 Å². The molecule has 0 aromatic carbocycles. The Kier molecular flexibility index (Phi) is 4.24. The van der Waals surface area contributed by atoms with Crippen LogP contribution in [0.5, 0.6) is 0 Å². The van der Waals surface area contributed by atoms with Gasteiger partial charge in [-0.1, -0.05) is 6.08 Å². The third-order valence-electron chi connectivity index (χ3n) is 2.11. The quantitative estimate of drug-likeness (QED) is 0.752. The van der Waals surface area contributed by atoms with Crippen LogP contribution in [0.25, 0.3) is 0 Å². The molecule has 0 spiro atoms. The minimum Gasteiger partial charge on any atom is -0.392 e. The fourth-order valence-electron chi connectivity index (χ4n) is 1.40. The molecule has 1 heterocycles. The highest BCUT2D eigenvalue weighted by Gasteiger charge is 2.10. The molecule has 0 saturated heterocycles. The third kappa shape index (κ3) is 2.76. The van der Waals surface area contributed by atoms with Gasteiger partial charge in [-0.05, 0) is 13.0 Å². The van der Waals surface area contributed by atoms with Gasteiger partial charge in [0.05, 0.1) is 12.8 Å². The molecule has 0 radical (unpaired) electrons. The number of likely N-dealkylation sites (N-methyl/N-ethyl adjacent to an activating group) is 1. The van der Waals surface area contributed by atoms with Gasteiger partial charge in [0.1, 0.15) is 11.6 Å². The van der Waals surface area contributed by atoms with E-state index in [9.17, 15) is 4.39 Å². The van der Waals surface area contributed by atoms with Crippen molar-refractivity contribution in [1.82, 2.24) is 4.98 Å². The molecule has 82 valence electrons. The largest absolute Gasteiger partial charge is 0.392 e. The van der Waals surface area contributed by atoms with Crippen LogP contribution in [0.2, 0.25) is 0 Å². The zero-order chi connectivity index (χ0) is 11.3. The zero-order valence-corrected chi connectivity index (χ0v) is 8.78. The first-order valence-corrected chi connectivity index (χ1v) is 4.84. The lowest BCUT2D eigenvalue weighted by molar-refractivity contribution is 0.281. The predicted molar refractivity (Wildman–Crippen MR) is 58.2 cm³/mol. The molecule has 1 rings (SSSR count). The van der Waals surface area contributed by atoms with E-state index in [1.165, 1.54) is 6.07 Å². The molecule has 1 aromatic rings. The van der Waals surface area contributed by atoms with Crippen molar-refractivity contribution in [1.29, 1.82) is 0 Å². The lowest BCUT2D eigenvalue weighted by Gasteiger charge is -2.22. The number of hydrogen-bond acceptors (Lipinski definition) is 3. The van der Waals surface area contributed by atoms with Gasteiger partial charge in [-0.25, -0.2) is 9.37 Å². The van der Waals surface area contributed by atoms with Gasteiger partial charge in [0.25, 0.3) is 0 Å². The first-order chi connectivity index (χ1) is 7.22. The van der Waals surface area contributed by atoms with Gasteiger partial charge >= 0.3 is 0 Å². The van der Waals surface area contributed by atoms with E-state index in [-0.39, 0.29) is 6.61 Å². The fourth-order valence-corrected chi connectivity index (χ4v) is 1.40. The maximum atomic E-state index is 12.9. The monoisotopic (exact) mass is 210 g/mol. The van der Waals surface area contributed by atoms with Crippen LogP contribution in [0, 0.1) is 5.82 Å². The number of aliphatic hydroxyl groups is 1. The summed E-state index contributed by atoms with van der Waals surface area (Å²) in [6.45, 7) is 6.76. The average molecular weight is 210 g/mol. The van der Waals surface area contributed by atoms with E-state index >= 15 is 0 Å². The minimum atomic E-state index is -0.433. The number of rotatable bonds is 5. The third-order valence-corrected chi connectivity index (χ3v) is 2.11. The maximum absolute atomic E-state index is 12.9. The molecular weight excluding hydrogens is 195 g/mol. The molecule has 0 aliphatic carbocycles. The van der Waals surface area contributed by atoms with E-state index in [0.29, 0.717) is 17.9 Å². The number of aliphatic hydroxyl groups excluding tert-OH is 1. The molecule has 3 nitrogen and oxygen atoms in total. The Labute approximate surface area is 88.9 Å². The van der Waals surface area contributed by atoms with E-state index in [4.69, 9.17) is 5.11 Å². The van der Waals surface area contributed by atoms with Crippen molar-refractivity contribution in [2.45, 2.75) is 13.5 Å². The smallest absolute Gasteiger partial charge is 0.142 e. The molecule has 1 aromatic heterocycles. The van der Waals surface area contributed by atoms with Crippen LogP contribution in [0.3, 0.4) is 0 Å². The first-order valence-electron chi connectivity index (χ1n) is 4.84. The zero-order valence-electron chi connectivity index (χ0n) is 8.78. The SMILES string of the molecule is C=CCN(CC)c1ncc(F)cc1CO. The van der Waals surface area contributed by atoms with Gasteiger partial charge in [-0.15, -0.1) is 6.58 Å². The van der Waals surface area contributed by atoms with Crippen molar-refractivity contribution < 1.29 is 9.50 Å². The van der Waals surface area contributed by atoms with Gasteiger partial charge in [-0.3, -0.25) is 0 Å². The summed E-state index contributed by atoms with van der Waals surface area (Å²) < 4.78 is 12.9. The van der Waals surface area contributed by atoms with Gasteiger partial charge in [-0.2, -0.15) is 0 Å². The number of anilines is 1. The molecular formula is C11H15FN2O. The lowest BCUT2D eigenvalue weighted by atomic mass is 10.2. The Bertz CT molecular complexity index is 341. The summed E-state index contributed by atoms with van der Waals surface area (Å²) in [5, 5.41) is 9.10. The second kappa shape index (κ2) is 5.46. The molecule has 0 saturated carbocycles. The highest BCUT2D eigenvalue weighted by atomic mass is 19.1.